The normalized spacial score (nSPS) is 16.0. The Kier molecular flexibility index (Phi) is 4.46. The molecule has 0 radical (unpaired) electrons. The SMILES string of the molecule is Cn1nccc1-c1c2oc3c(O)c(=O)ccc3c2[nH]c2c1c(=O)[nH]n2C1CCCCCCC1. The number of nitrogens with zero attached hydrogens (tertiary/aromatic N) is 3. The number of aromatic nitrogens is 5. The number of aryl methyl sites for hydroxylation is 1. The first kappa shape index (κ1) is 19.9. The molecule has 9 heteroatoms. The van der Waals surface area contributed by atoms with Gasteiger partial charge in [0, 0.05) is 18.6 Å². The zero-order chi connectivity index (χ0) is 22.7. The first-order valence-corrected chi connectivity index (χ1v) is 11.5. The van der Waals surface area contributed by atoms with E-state index in [4.69, 9.17) is 4.42 Å². The number of H-pyrrole nitrogens is 2. The standard InChI is InChI=1S/C24H25N5O4/c1-28-15(11-12-25-28)17-18-23(29(27-24(18)32)13-7-5-3-2-4-6-8-13)26-19-14-9-10-16(30)20(31)21(14)33-22(17)19/h9-13,26,31H,2-8H2,1H3,(H,27,32). The molecule has 0 saturated heterocycles. The minimum Gasteiger partial charge on any atom is -0.502 e. The second-order valence-electron chi connectivity index (χ2n) is 8.97. The third-order valence-corrected chi connectivity index (χ3v) is 6.96. The highest BCUT2D eigenvalue weighted by Crippen LogP contribution is 2.40. The summed E-state index contributed by atoms with van der Waals surface area (Å²) in [6.45, 7) is 0. The molecular formula is C24H25N5O4. The number of benzene rings is 1. The molecule has 1 aliphatic carbocycles. The van der Waals surface area contributed by atoms with E-state index in [1.54, 1.807) is 24.0 Å². The average molecular weight is 447 g/mol. The van der Waals surface area contributed by atoms with Crippen LogP contribution in [-0.2, 0) is 7.05 Å². The van der Waals surface area contributed by atoms with Gasteiger partial charge in [-0.1, -0.05) is 32.1 Å². The topological polar surface area (TPSA) is 122 Å². The highest BCUT2D eigenvalue weighted by Gasteiger charge is 2.26. The number of rotatable bonds is 2. The van der Waals surface area contributed by atoms with Crippen molar-refractivity contribution in [2.75, 3.05) is 0 Å². The molecule has 170 valence electrons. The Labute approximate surface area is 187 Å². The average Bonchev–Trinajstić information content (AvgIpc) is 3.45. The van der Waals surface area contributed by atoms with Crippen molar-refractivity contribution in [2.45, 2.75) is 51.0 Å². The van der Waals surface area contributed by atoms with Gasteiger partial charge >= 0.3 is 0 Å². The van der Waals surface area contributed by atoms with E-state index in [0.29, 0.717) is 38.8 Å². The predicted molar refractivity (Wildman–Crippen MR) is 126 cm³/mol. The summed E-state index contributed by atoms with van der Waals surface area (Å²) in [5.41, 5.74) is 2.40. The van der Waals surface area contributed by atoms with Crippen LogP contribution in [0.15, 0.2) is 38.4 Å². The Balaban J connectivity index is 1.74. The lowest BCUT2D eigenvalue weighted by Gasteiger charge is -2.21. The largest absolute Gasteiger partial charge is 0.502 e. The number of fused-ring (bicyclic) bond motifs is 4. The Morgan fingerprint density at radius 2 is 1.82 bits per heavy atom. The van der Waals surface area contributed by atoms with Gasteiger partial charge in [0.1, 0.15) is 5.65 Å². The molecule has 1 aromatic carbocycles. The van der Waals surface area contributed by atoms with Crippen LogP contribution in [0.25, 0.3) is 44.4 Å². The van der Waals surface area contributed by atoms with E-state index >= 15 is 0 Å². The van der Waals surface area contributed by atoms with Crippen LogP contribution < -0.4 is 11.0 Å². The second kappa shape index (κ2) is 7.40. The summed E-state index contributed by atoms with van der Waals surface area (Å²) >= 11 is 0. The number of furan rings is 1. The van der Waals surface area contributed by atoms with Gasteiger partial charge in [0.25, 0.3) is 5.56 Å². The van der Waals surface area contributed by atoms with Crippen molar-refractivity contribution in [3.8, 4) is 17.0 Å². The van der Waals surface area contributed by atoms with E-state index in [2.05, 4.69) is 15.2 Å². The zero-order valence-corrected chi connectivity index (χ0v) is 18.4. The first-order valence-electron chi connectivity index (χ1n) is 11.5. The number of aromatic hydroxyl groups is 1. The molecule has 5 aromatic rings. The summed E-state index contributed by atoms with van der Waals surface area (Å²) < 4.78 is 9.71. The number of phenolic OH excluding ortho intramolecular Hbond substituents is 1. The van der Waals surface area contributed by atoms with Gasteiger partial charge < -0.3 is 14.5 Å². The predicted octanol–water partition coefficient (Wildman–Crippen LogP) is 4.31. The molecule has 33 heavy (non-hydrogen) atoms. The monoisotopic (exact) mass is 447 g/mol. The van der Waals surface area contributed by atoms with E-state index in [0.717, 1.165) is 25.7 Å². The number of phenols is 1. The van der Waals surface area contributed by atoms with E-state index in [1.165, 1.54) is 25.3 Å². The van der Waals surface area contributed by atoms with Gasteiger partial charge in [-0.2, -0.15) is 5.10 Å². The molecule has 1 saturated carbocycles. The van der Waals surface area contributed by atoms with Gasteiger partial charge in [0.15, 0.2) is 11.2 Å². The lowest BCUT2D eigenvalue weighted by atomic mass is 9.97. The van der Waals surface area contributed by atoms with Crippen LogP contribution in [0.3, 0.4) is 0 Å². The van der Waals surface area contributed by atoms with Gasteiger partial charge in [0.05, 0.1) is 28.2 Å². The number of aromatic amines is 2. The third kappa shape index (κ3) is 2.95. The summed E-state index contributed by atoms with van der Waals surface area (Å²) in [4.78, 5) is 28.8. The van der Waals surface area contributed by atoms with Crippen molar-refractivity contribution in [1.29, 1.82) is 0 Å². The highest BCUT2D eigenvalue weighted by atomic mass is 16.4. The van der Waals surface area contributed by atoms with E-state index < -0.39 is 11.2 Å². The van der Waals surface area contributed by atoms with E-state index in [-0.39, 0.29) is 17.2 Å². The maximum Gasteiger partial charge on any atom is 0.274 e. The molecular weight excluding hydrogens is 422 g/mol. The van der Waals surface area contributed by atoms with Crippen molar-refractivity contribution in [2.24, 2.45) is 7.05 Å². The minimum atomic E-state index is -0.509. The van der Waals surface area contributed by atoms with Crippen molar-refractivity contribution < 1.29 is 9.52 Å². The van der Waals surface area contributed by atoms with Crippen LogP contribution in [0, 0.1) is 0 Å². The molecule has 0 aliphatic heterocycles. The van der Waals surface area contributed by atoms with Crippen molar-refractivity contribution in [3.63, 3.8) is 0 Å². The molecule has 9 nitrogen and oxygen atoms in total. The molecule has 1 aliphatic rings. The summed E-state index contributed by atoms with van der Waals surface area (Å²) in [6, 6.07) is 4.98. The van der Waals surface area contributed by atoms with Crippen LogP contribution in [-0.4, -0.2) is 29.7 Å². The Hall–Kier alpha value is -3.75. The Morgan fingerprint density at radius 3 is 2.55 bits per heavy atom. The molecule has 4 heterocycles. The molecule has 0 atom stereocenters. The fourth-order valence-corrected chi connectivity index (χ4v) is 5.29. The fraction of sp³-hybridized carbons (Fsp3) is 0.375. The van der Waals surface area contributed by atoms with Crippen LogP contribution in [0.2, 0.25) is 0 Å². The van der Waals surface area contributed by atoms with Gasteiger partial charge in [-0.15, -0.1) is 0 Å². The Morgan fingerprint density at radius 1 is 1.06 bits per heavy atom. The zero-order valence-electron chi connectivity index (χ0n) is 18.4. The molecule has 0 bridgehead atoms. The summed E-state index contributed by atoms with van der Waals surface area (Å²) in [5, 5.41) is 18.8. The van der Waals surface area contributed by atoms with Gasteiger partial charge in [-0.25, -0.2) is 0 Å². The maximum atomic E-state index is 13.3. The lowest BCUT2D eigenvalue weighted by Crippen LogP contribution is -2.15. The number of hydrogen-bond acceptors (Lipinski definition) is 5. The van der Waals surface area contributed by atoms with Crippen LogP contribution in [0.4, 0.5) is 0 Å². The third-order valence-electron chi connectivity index (χ3n) is 6.96. The number of nitrogens with one attached hydrogen (secondary N) is 2. The van der Waals surface area contributed by atoms with Crippen LogP contribution in [0.5, 0.6) is 5.75 Å². The minimum absolute atomic E-state index is 0.110. The molecule has 0 spiro atoms. The smallest absolute Gasteiger partial charge is 0.274 e. The van der Waals surface area contributed by atoms with Gasteiger partial charge in [-0.3, -0.25) is 24.1 Å². The molecule has 1 fully saturated rings. The van der Waals surface area contributed by atoms with Gasteiger partial charge in [-0.05, 0) is 31.0 Å². The molecule has 0 unspecified atom stereocenters. The maximum absolute atomic E-state index is 13.3. The van der Waals surface area contributed by atoms with Crippen LogP contribution >= 0.6 is 0 Å². The lowest BCUT2D eigenvalue weighted by molar-refractivity contribution is 0.353. The number of pyridine rings is 1. The van der Waals surface area contributed by atoms with Crippen molar-refractivity contribution in [1.82, 2.24) is 24.5 Å². The van der Waals surface area contributed by atoms with Crippen molar-refractivity contribution in [3.05, 3.63) is 45.0 Å². The quantitative estimate of drug-likeness (QED) is 0.372. The van der Waals surface area contributed by atoms with E-state index in [1.807, 2.05) is 10.7 Å². The summed E-state index contributed by atoms with van der Waals surface area (Å²) in [7, 11) is 1.81. The summed E-state index contributed by atoms with van der Waals surface area (Å²) in [5.74, 6) is -0.436. The molecule has 0 amide bonds. The van der Waals surface area contributed by atoms with Crippen LogP contribution in [0.1, 0.15) is 51.0 Å². The Bertz CT molecular complexity index is 1620. The summed E-state index contributed by atoms with van der Waals surface area (Å²) in [6.07, 6.45) is 9.59. The highest BCUT2D eigenvalue weighted by molar-refractivity contribution is 6.14. The van der Waals surface area contributed by atoms with E-state index in [9.17, 15) is 14.7 Å². The van der Waals surface area contributed by atoms with Gasteiger partial charge in [0.2, 0.25) is 11.2 Å². The molecule has 3 N–H and O–H groups in total. The molecule has 6 rings (SSSR count). The second-order valence-corrected chi connectivity index (χ2v) is 8.97. The number of hydrogen-bond donors (Lipinski definition) is 3. The fourth-order valence-electron chi connectivity index (χ4n) is 5.29. The van der Waals surface area contributed by atoms with Crippen molar-refractivity contribution >= 4 is 33.1 Å². The molecule has 4 aromatic heterocycles. The first-order chi connectivity index (χ1) is 16.0.